The molecule has 154 valence electrons. The standard InChI is InChI=1S/C20H29N3O5/c1-20(2,3)28-19(26)22-14-9-10-16(15(11-14)17(21)24)23-18(25)27-12-13-7-5-4-6-8-13/h4-8,14-16H,9-12H2,1-3H3,(H2,21,24)(H,22,26)(H,23,25)/t14-,15-,16+/m1/s1. The van der Waals surface area contributed by atoms with Crippen LogP contribution < -0.4 is 16.4 Å². The minimum Gasteiger partial charge on any atom is -0.445 e. The predicted octanol–water partition coefficient (Wildman–Crippen LogP) is 2.46. The average Bonchev–Trinajstić information content (AvgIpc) is 2.60. The minimum atomic E-state index is -0.603. The molecule has 0 radical (unpaired) electrons. The number of carbonyl (C=O) groups excluding carboxylic acids is 3. The molecule has 3 atom stereocenters. The van der Waals surface area contributed by atoms with Crippen LogP contribution in [0.2, 0.25) is 0 Å². The maximum absolute atomic E-state index is 12.1. The lowest BCUT2D eigenvalue weighted by Crippen LogP contribution is -2.53. The van der Waals surface area contributed by atoms with Crippen LogP contribution >= 0.6 is 0 Å². The first-order chi connectivity index (χ1) is 13.1. The van der Waals surface area contributed by atoms with Crippen LogP contribution in [0.4, 0.5) is 9.59 Å². The molecule has 1 aliphatic rings. The van der Waals surface area contributed by atoms with Gasteiger partial charge in [-0.15, -0.1) is 0 Å². The van der Waals surface area contributed by atoms with Crippen LogP contribution in [0.1, 0.15) is 45.6 Å². The van der Waals surface area contributed by atoms with Gasteiger partial charge in [0.1, 0.15) is 12.2 Å². The third-order valence-corrected chi connectivity index (χ3v) is 4.45. The minimum absolute atomic E-state index is 0.142. The molecule has 8 nitrogen and oxygen atoms in total. The Morgan fingerprint density at radius 1 is 1.07 bits per heavy atom. The highest BCUT2D eigenvalue weighted by Crippen LogP contribution is 2.25. The fourth-order valence-electron chi connectivity index (χ4n) is 3.18. The van der Waals surface area contributed by atoms with E-state index >= 15 is 0 Å². The van der Waals surface area contributed by atoms with E-state index in [1.165, 1.54) is 0 Å². The molecule has 1 aromatic rings. The molecule has 4 N–H and O–H groups in total. The molecule has 0 heterocycles. The summed E-state index contributed by atoms with van der Waals surface area (Å²) in [5, 5.41) is 5.49. The van der Waals surface area contributed by atoms with Crippen molar-refractivity contribution in [1.82, 2.24) is 10.6 Å². The molecule has 0 saturated heterocycles. The molecular weight excluding hydrogens is 362 g/mol. The Morgan fingerprint density at radius 2 is 1.75 bits per heavy atom. The van der Waals surface area contributed by atoms with Crippen molar-refractivity contribution in [2.75, 3.05) is 0 Å². The summed E-state index contributed by atoms with van der Waals surface area (Å²) in [5.74, 6) is -1.12. The number of hydrogen-bond acceptors (Lipinski definition) is 5. The molecule has 3 amide bonds. The van der Waals surface area contributed by atoms with E-state index in [0.717, 1.165) is 5.56 Å². The predicted molar refractivity (Wildman–Crippen MR) is 103 cm³/mol. The molecule has 28 heavy (non-hydrogen) atoms. The van der Waals surface area contributed by atoms with Crippen LogP contribution in [0.5, 0.6) is 0 Å². The first kappa shape index (κ1) is 21.5. The highest BCUT2D eigenvalue weighted by molar-refractivity contribution is 5.79. The molecule has 0 bridgehead atoms. The lowest BCUT2D eigenvalue weighted by atomic mass is 9.81. The summed E-state index contributed by atoms with van der Waals surface area (Å²) in [5.41, 5.74) is 5.79. The van der Waals surface area contributed by atoms with E-state index in [2.05, 4.69) is 10.6 Å². The normalized spacial score (nSPS) is 22.0. The van der Waals surface area contributed by atoms with Crippen molar-refractivity contribution in [3.63, 3.8) is 0 Å². The van der Waals surface area contributed by atoms with Crippen molar-refractivity contribution in [3.8, 4) is 0 Å². The van der Waals surface area contributed by atoms with Gasteiger partial charge in [0.25, 0.3) is 0 Å². The molecule has 0 aliphatic heterocycles. The molecule has 8 heteroatoms. The number of alkyl carbamates (subject to hydrolysis) is 2. The summed E-state index contributed by atoms with van der Waals surface area (Å²) in [6.45, 7) is 5.48. The van der Waals surface area contributed by atoms with Crippen LogP contribution in [0.25, 0.3) is 0 Å². The van der Waals surface area contributed by atoms with Crippen molar-refractivity contribution in [1.29, 1.82) is 0 Å². The number of nitrogens with one attached hydrogen (secondary N) is 2. The Balaban J connectivity index is 1.85. The fraction of sp³-hybridized carbons (Fsp3) is 0.550. The zero-order chi connectivity index (χ0) is 20.7. The van der Waals surface area contributed by atoms with E-state index < -0.39 is 35.7 Å². The van der Waals surface area contributed by atoms with Crippen LogP contribution in [0.3, 0.4) is 0 Å². The van der Waals surface area contributed by atoms with Gasteiger partial charge in [0.2, 0.25) is 5.91 Å². The molecule has 1 fully saturated rings. The summed E-state index contributed by atoms with van der Waals surface area (Å²) in [7, 11) is 0. The lowest BCUT2D eigenvalue weighted by Gasteiger charge is -2.35. The van der Waals surface area contributed by atoms with Gasteiger partial charge in [-0.3, -0.25) is 4.79 Å². The Hall–Kier alpha value is -2.77. The van der Waals surface area contributed by atoms with Gasteiger partial charge in [0.15, 0.2) is 0 Å². The first-order valence-electron chi connectivity index (χ1n) is 9.40. The van der Waals surface area contributed by atoms with Gasteiger partial charge in [-0.2, -0.15) is 0 Å². The topological polar surface area (TPSA) is 120 Å². The van der Waals surface area contributed by atoms with Crippen LogP contribution in [-0.2, 0) is 20.9 Å². The molecule has 0 unspecified atom stereocenters. The van der Waals surface area contributed by atoms with Gasteiger partial charge in [0.05, 0.1) is 5.92 Å². The van der Waals surface area contributed by atoms with Crippen molar-refractivity contribution < 1.29 is 23.9 Å². The van der Waals surface area contributed by atoms with Crippen molar-refractivity contribution in [3.05, 3.63) is 35.9 Å². The number of primary amides is 1. The fourth-order valence-corrected chi connectivity index (χ4v) is 3.18. The quantitative estimate of drug-likeness (QED) is 0.712. The Morgan fingerprint density at radius 3 is 2.36 bits per heavy atom. The maximum Gasteiger partial charge on any atom is 0.407 e. The van der Waals surface area contributed by atoms with Gasteiger partial charge in [-0.05, 0) is 45.6 Å². The third-order valence-electron chi connectivity index (χ3n) is 4.45. The number of benzene rings is 1. The maximum atomic E-state index is 12.1. The molecular formula is C20H29N3O5. The second-order valence-corrected chi connectivity index (χ2v) is 7.98. The molecule has 0 aromatic heterocycles. The molecule has 0 spiro atoms. The van der Waals surface area contributed by atoms with E-state index in [0.29, 0.717) is 19.3 Å². The third kappa shape index (κ3) is 7.09. The second kappa shape index (κ2) is 9.43. The number of rotatable bonds is 5. The molecule has 1 aliphatic carbocycles. The number of nitrogens with two attached hydrogens (primary N) is 1. The lowest BCUT2D eigenvalue weighted by molar-refractivity contribution is -0.123. The van der Waals surface area contributed by atoms with Gasteiger partial charge in [-0.1, -0.05) is 30.3 Å². The Labute approximate surface area is 165 Å². The number of amides is 3. The van der Waals surface area contributed by atoms with Gasteiger partial charge >= 0.3 is 12.2 Å². The zero-order valence-electron chi connectivity index (χ0n) is 16.6. The van der Waals surface area contributed by atoms with E-state index in [9.17, 15) is 14.4 Å². The average molecular weight is 391 g/mol. The smallest absolute Gasteiger partial charge is 0.407 e. The zero-order valence-corrected chi connectivity index (χ0v) is 16.6. The van der Waals surface area contributed by atoms with Gasteiger partial charge < -0.3 is 25.8 Å². The van der Waals surface area contributed by atoms with Gasteiger partial charge in [-0.25, -0.2) is 9.59 Å². The van der Waals surface area contributed by atoms with Crippen LogP contribution in [-0.4, -0.2) is 35.8 Å². The molecule has 1 aromatic carbocycles. The Bertz CT molecular complexity index is 687. The second-order valence-electron chi connectivity index (χ2n) is 7.98. The monoisotopic (exact) mass is 391 g/mol. The largest absolute Gasteiger partial charge is 0.445 e. The summed E-state index contributed by atoms with van der Waals surface area (Å²) in [6, 6.07) is 8.63. The van der Waals surface area contributed by atoms with E-state index in [-0.39, 0.29) is 12.6 Å². The SMILES string of the molecule is CC(C)(C)OC(=O)N[C@@H]1CC[C@H](NC(=O)OCc2ccccc2)[C@H](C(N)=O)C1. The van der Waals surface area contributed by atoms with Crippen molar-refractivity contribution >= 4 is 18.1 Å². The number of ether oxygens (including phenoxy) is 2. The van der Waals surface area contributed by atoms with Crippen molar-refractivity contribution in [2.24, 2.45) is 11.7 Å². The molecule has 2 rings (SSSR count). The van der Waals surface area contributed by atoms with E-state index in [4.69, 9.17) is 15.2 Å². The number of carbonyl (C=O) groups is 3. The van der Waals surface area contributed by atoms with Crippen LogP contribution in [0.15, 0.2) is 30.3 Å². The Kier molecular flexibility index (Phi) is 7.25. The highest BCUT2D eigenvalue weighted by Gasteiger charge is 2.36. The van der Waals surface area contributed by atoms with Crippen LogP contribution in [0, 0.1) is 5.92 Å². The van der Waals surface area contributed by atoms with E-state index in [1.54, 1.807) is 20.8 Å². The summed E-state index contributed by atoms with van der Waals surface area (Å²) in [4.78, 5) is 35.9. The van der Waals surface area contributed by atoms with Crippen molar-refractivity contribution in [2.45, 2.75) is 64.3 Å². The summed E-state index contributed by atoms with van der Waals surface area (Å²) in [6.07, 6.45) is 0.285. The number of hydrogen-bond donors (Lipinski definition) is 3. The first-order valence-corrected chi connectivity index (χ1v) is 9.40. The summed E-state index contributed by atoms with van der Waals surface area (Å²) >= 11 is 0. The molecule has 1 saturated carbocycles. The highest BCUT2D eigenvalue weighted by atomic mass is 16.6. The summed E-state index contributed by atoms with van der Waals surface area (Å²) < 4.78 is 10.5. The van der Waals surface area contributed by atoms with Gasteiger partial charge in [0, 0.05) is 12.1 Å². The van der Waals surface area contributed by atoms with E-state index in [1.807, 2.05) is 30.3 Å².